The molecule has 2 rings (SSSR count). The van der Waals surface area contributed by atoms with Gasteiger partial charge >= 0.3 is 0 Å². The zero-order valence-corrected chi connectivity index (χ0v) is 10.5. The van der Waals surface area contributed by atoms with Gasteiger partial charge < -0.3 is 15.4 Å². The van der Waals surface area contributed by atoms with Gasteiger partial charge in [-0.2, -0.15) is 0 Å². The summed E-state index contributed by atoms with van der Waals surface area (Å²) in [6, 6.07) is 10.3. The molecule has 94 valence electrons. The third-order valence-electron chi connectivity index (χ3n) is 3.41. The van der Waals surface area contributed by atoms with Crippen molar-refractivity contribution in [1.29, 1.82) is 0 Å². The van der Waals surface area contributed by atoms with Gasteiger partial charge in [0.1, 0.15) is 0 Å². The zero-order chi connectivity index (χ0) is 12.1. The van der Waals surface area contributed by atoms with Crippen molar-refractivity contribution in [3.8, 4) is 0 Å². The van der Waals surface area contributed by atoms with E-state index in [0.29, 0.717) is 12.6 Å². The summed E-state index contributed by atoms with van der Waals surface area (Å²) < 4.78 is 6.12. The van der Waals surface area contributed by atoms with Crippen LogP contribution in [0, 0.1) is 0 Å². The van der Waals surface area contributed by atoms with E-state index < -0.39 is 0 Å². The maximum absolute atomic E-state index is 6.12. The summed E-state index contributed by atoms with van der Waals surface area (Å²) in [7, 11) is 2.16. The van der Waals surface area contributed by atoms with Crippen molar-refractivity contribution in [1.82, 2.24) is 4.90 Å². The van der Waals surface area contributed by atoms with E-state index in [1.807, 2.05) is 18.2 Å². The van der Waals surface area contributed by atoms with Crippen molar-refractivity contribution >= 4 is 0 Å². The van der Waals surface area contributed by atoms with E-state index in [9.17, 15) is 0 Å². The average Bonchev–Trinajstić information content (AvgIpc) is 2.39. The maximum atomic E-state index is 6.12. The molecular formula is C14H22N2O. The predicted octanol–water partition coefficient (Wildman–Crippen LogP) is 1.80. The molecular weight excluding hydrogens is 212 g/mol. The Balaban J connectivity index is 1.92. The number of nitrogens with zero attached hydrogens (tertiary/aromatic N) is 1. The lowest BCUT2D eigenvalue weighted by atomic mass is 10.1. The average molecular weight is 234 g/mol. The minimum atomic E-state index is 0.0459. The van der Waals surface area contributed by atoms with E-state index in [4.69, 9.17) is 10.5 Å². The number of likely N-dealkylation sites (tertiary alicyclic amines) is 1. The van der Waals surface area contributed by atoms with E-state index >= 15 is 0 Å². The van der Waals surface area contributed by atoms with Crippen LogP contribution in [0.25, 0.3) is 0 Å². The van der Waals surface area contributed by atoms with E-state index in [0.717, 1.165) is 25.9 Å². The third-order valence-corrected chi connectivity index (χ3v) is 3.41. The third kappa shape index (κ3) is 3.53. The first-order chi connectivity index (χ1) is 8.29. The highest BCUT2D eigenvalue weighted by Gasteiger charge is 2.21. The van der Waals surface area contributed by atoms with E-state index in [1.165, 1.54) is 5.56 Å². The van der Waals surface area contributed by atoms with Gasteiger partial charge in [0.2, 0.25) is 0 Å². The summed E-state index contributed by atoms with van der Waals surface area (Å²) in [5, 5.41) is 0. The summed E-state index contributed by atoms with van der Waals surface area (Å²) in [4.78, 5) is 2.35. The Morgan fingerprint density at radius 2 is 1.94 bits per heavy atom. The number of nitrogens with two attached hydrogens (primary N) is 1. The molecule has 1 aromatic carbocycles. The van der Waals surface area contributed by atoms with Gasteiger partial charge in [0.15, 0.2) is 0 Å². The number of piperidine rings is 1. The molecule has 1 heterocycles. The second-order valence-electron chi connectivity index (χ2n) is 4.77. The first-order valence-corrected chi connectivity index (χ1v) is 6.38. The summed E-state index contributed by atoms with van der Waals surface area (Å²) in [6.45, 7) is 2.80. The zero-order valence-electron chi connectivity index (χ0n) is 10.5. The van der Waals surface area contributed by atoms with Gasteiger partial charge in [-0.3, -0.25) is 0 Å². The molecule has 3 heteroatoms. The Labute approximate surface area is 104 Å². The molecule has 0 spiro atoms. The second-order valence-corrected chi connectivity index (χ2v) is 4.77. The lowest BCUT2D eigenvalue weighted by Crippen LogP contribution is -2.35. The Morgan fingerprint density at radius 1 is 1.29 bits per heavy atom. The molecule has 1 saturated heterocycles. The maximum Gasteiger partial charge on any atom is 0.0950 e. The summed E-state index contributed by atoms with van der Waals surface area (Å²) >= 11 is 0. The van der Waals surface area contributed by atoms with Crippen LogP contribution >= 0.6 is 0 Å². The van der Waals surface area contributed by atoms with Crippen LogP contribution in [0.2, 0.25) is 0 Å². The Morgan fingerprint density at radius 3 is 2.53 bits per heavy atom. The fourth-order valence-corrected chi connectivity index (χ4v) is 2.29. The van der Waals surface area contributed by atoms with E-state index in [2.05, 4.69) is 24.1 Å². The smallest absolute Gasteiger partial charge is 0.0950 e. The molecule has 2 N–H and O–H groups in total. The van der Waals surface area contributed by atoms with Crippen LogP contribution in [-0.4, -0.2) is 37.7 Å². The van der Waals surface area contributed by atoms with Gasteiger partial charge in [-0.25, -0.2) is 0 Å². The predicted molar refractivity (Wildman–Crippen MR) is 69.8 cm³/mol. The highest BCUT2D eigenvalue weighted by Crippen LogP contribution is 2.22. The molecule has 0 aromatic heterocycles. The van der Waals surface area contributed by atoms with Crippen LogP contribution in [-0.2, 0) is 4.74 Å². The van der Waals surface area contributed by atoms with Gasteiger partial charge in [-0.05, 0) is 25.5 Å². The fraction of sp³-hybridized carbons (Fsp3) is 0.571. The minimum Gasteiger partial charge on any atom is -0.369 e. The van der Waals surface area contributed by atoms with Gasteiger partial charge in [0.25, 0.3) is 0 Å². The molecule has 1 atom stereocenters. The van der Waals surface area contributed by atoms with Crippen LogP contribution < -0.4 is 5.73 Å². The van der Waals surface area contributed by atoms with Gasteiger partial charge in [0, 0.05) is 19.6 Å². The van der Waals surface area contributed by atoms with E-state index in [-0.39, 0.29) is 6.10 Å². The van der Waals surface area contributed by atoms with Crippen molar-refractivity contribution in [3.05, 3.63) is 35.9 Å². The molecule has 1 unspecified atom stereocenters. The van der Waals surface area contributed by atoms with Crippen LogP contribution in [0.15, 0.2) is 30.3 Å². The lowest BCUT2D eigenvalue weighted by molar-refractivity contribution is -0.0370. The lowest BCUT2D eigenvalue weighted by Gasteiger charge is -2.31. The van der Waals surface area contributed by atoms with Crippen molar-refractivity contribution in [2.24, 2.45) is 5.73 Å². The van der Waals surface area contributed by atoms with Crippen molar-refractivity contribution in [3.63, 3.8) is 0 Å². The quantitative estimate of drug-likeness (QED) is 0.863. The van der Waals surface area contributed by atoms with Crippen molar-refractivity contribution < 1.29 is 4.74 Å². The SMILES string of the molecule is CN1CCC(OC(CN)c2ccccc2)CC1. The summed E-state index contributed by atoms with van der Waals surface area (Å²) in [5.74, 6) is 0. The molecule has 1 aliphatic heterocycles. The molecule has 1 aromatic rings. The van der Waals surface area contributed by atoms with Gasteiger partial charge in [-0.15, -0.1) is 0 Å². The molecule has 0 radical (unpaired) electrons. The highest BCUT2D eigenvalue weighted by molar-refractivity contribution is 5.17. The monoisotopic (exact) mass is 234 g/mol. The summed E-state index contributed by atoms with van der Waals surface area (Å²) in [6.07, 6.45) is 2.63. The van der Waals surface area contributed by atoms with Crippen LogP contribution in [0.1, 0.15) is 24.5 Å². The van der Waals surface area contributed by atoms with Gasteiger partial charge in [-0.1, -0.05) is 30.3 Å². The number of hydrogen-bond donors (Lipinski definition) is 1. The molecule has 17 heavy (non-hydrogen) atoms. The summed E-state index contributed by atoms with van der Waals surface area (Å²) in [5.41, 5.74) is 7.00. The number of benzene rings is 1. The highest BCUT2D eigenvalue weighted by atomic mass is 16.5. The second kappa shape index (κ2) is 6.15. The van der Waals surface area contributed by atoms with E-state index in [1.54, 1.807) is 0 Å². The Hall–Kier alpha value is -0.900. The van der Waals surface area contributed by atoms with Crippen molar-refractivity contribution in [2.75, 3.05) is 26.7 Å². The van der Waals surface area contributed by atoms with Crippen LogP contribution in [0.3, 0.4) is 0 Å². The topological polar surface area (TPSA) is 38.5 Å². The number of hydrogen-bond acceptors (Lipinski definition) is 3. The number of rotatable bonds is 4. The number of ether oxygens (including phenoxy) is 1. The normalized spacial score (nSPS) is 20.4. The minimum absolute atomic E-state index is 0.0459. The first kappa shape index (κ1) is 12.6. The molecule has 0 saturated carbocycles. The van der Waals surface area contributed by atoms with Crippen molar-refractivity contribution in [2.45, 2.75) is 25.0 Å². The largest absolute Gasteiger partial charge is 0.369 e. The molecule has 0 bridgehead atoms. The standard InChI is InChI=1S/C14H22N2O/c1-16-9-7-13(8-10-16)17-14(11-15)12-5-3-2-4-6-12/h2-6,13-14H,7-11,15H2,1H3. The van der Waals surface area contributed by atoms with Gasteiger partial charge in [0.05, 0.1) is 12.2 Å². The molecule has 3 nitrogen and oxygen atoms in total. The fourth-order valence-electron chi connectivity index (χ4n) is 2.29. The molecule has 0 aliphatic carbocycles. The Bertz CT molecular complexity index is 320. The molecule has 0 amide bonds. The van der Waals surface area contributed by atoms with Crippen LogP contribution in [0.5, 0.6) is 0 Å². The first-order valence-electron chi connectivity index (χ1n) is 6.38. The Kier molecular flexibility index (Phi) is 4.54. The van der Waals surface area contributed by atoms with Crippen LogP contribution in [0.4, 0.5) is 0 Å². The molecule has 1 fully saturated rings. The molecule has 1 aliphatic rings.